The predicted molar refractivity (Wildman–Crippen MR) is 81.9 cm³/mol. The second-order valence-electron chi connectivity index (χ2n) is 4.11. The van der Waals surface area contributed by atoms with Gasteiger partial charge in [-0.1, -0.05) is 29.8 Å². The molecule has 0 bridgehead atoms. The van der Waals surface area contributed by atoms with E-state index in [2.05, 4.69) is 31.9 Å². The molecule has 0 saturated carbocycles. The van der Waals surface area contributed by atoms with Gasteiger partial charge in [0.2, 0.25) is 0 Å². The maximum absolute atomic E-state index is 13.8. The standard InChI is InChI=1S/C14H10Br2ClFO/c15-10-5-4-8(6-11(10)16)13(19)7-9-2-1-3-12(17)14(9)18/h1-6,13,19H,7H2. The SMILES string of the molecule is OC(Cc1cccc(Cl)c1F)c1ccc(Br)c(Br)c1. The van der Waals surface area contributed by atoms with E-state index in [4.69, 9.17) is 11.6 Å². The number of aliphatic hydroxyl groups is 1. The normalized spacial score (nSPS) is 12.5. The molecule has 100 valence electrons. The number of hydrogen-bond donors (Lipinski definition) is 1. The van der Waals surface area contributed by atoms with Crippen molar-refractivity contribution in [3.05, 3.63) is 67.3 Å². The van der Waals surface area contributed by atoms with Crippen LogP contribution in [0.25, 0.3) is 0 Å². The van der Waals surface area contributed by atoms with E-state index in [1.54, 1.807) is 24.3 Å². The molecule has 0 saturated heterocycles. The highest BCUT2D eigenvalue weighted by Crippen LogP contribution is 2.29. The lowest BCUT2D eigenvalue weighted by atomic mass is 10.0. The Bertz CT molecular complexity index is 604. The van der Waals surface area contributed by atoms with Crippen LogP contribution in [0.15, 0.2) is 45.3 Å². The van der Waals surface area contributed by atoms with E-state index in [1.807, 2.05) is 6.07 Å². The van der Waals surface area contributed by atoms with Gasteiger partial charge in [0.05, 0.1) is 11.1 Å². The number of rotatable bonds is 3. The molecule has 0 aliphatic heterocycles. The zero-order chi connectivity index (χ0) is 14.0. The van der Waals surface area contributed by atoms with E-state index in [-0.39, 0.29) is 11.4 Å². The van der Waals surface area contributed by atoms with Gasteiger partial charge in [0.25, 0.3) is 0 Å². The molecule has 1 nitrogen and oxygen atoms in total. The quantitative estimate of drug-likeness (QED) is 0.733. The van der Waals surface area contributed by atoms with Gasteiger partial charge in [0.1, 0.15) is 5.82 Å². The summed E-state index contributed by atoms with van der Waals surface area (Å²) in [6.07, 6.45) is -0.599. The average molecular weight is 408 g/mol. The zero-order valence-electron chi connectivity index (χ0n) is 9.71. The minimum Gasteiger partial charge on any atom is -0.388 e. The molecule has 0 fully saturated rings. The van der Waals surface area contributed by atoms with Gasteiger partial charge in [0, 0.05) is 15.4 Å². The number of halogens is 4. The van der Waals surface area contributed by atoms with Crippen LogP contribution in [0, 0.1) is 5.82 Å². The molecule has 2 aromatic carbocycles. The van der Waals surface area contributed by atoms with E-state index in [0.717, 1.165) is 14.5 Å². The van der Waals surface area contributed by atoms with Crippen LogP contribution in [0.3, 0.4) is 0 Å². The molecule has 0 heterocycles. The molecule has 19 heavy (non-hydrogen) atoms. The molecule has 0 amide bonds. The molecule has 0 aliphatic carbocycles. The summed E-state index contributed by atoms with van der Waals surface area (Å²) in [7, 11) is 0. The van der Waals surface area contributed by atoms with Gasteiger partial charge in [-0.05, 0) is 61.2 Å². The van der Waals surface area contributed by atoms with Crippen LogP contribution in [-0.2, 0) is 6.42 Å². The van der Waals surface area contributed by atoms with Crippen molar-refractivity contribution in [3.8, 4) is 0 Å². The Morgan fingerprint density at radius 2 is 1.89 bits per heavy atom. The molecular weight excluding hydrogens is 398 g/mol. The first-order chi connectivity index (χ1) is 8.99. The van der Waals surface area contributed by atoms with Crippen molar-refractivity contribution < 1.29 is 9.50 Å². The topological polar surface area (TPSA) is 20.2 Å². The average Bonchev–Trinajstić information content (AvgIpc) is 2.38. The van der Waals surface area contributed by atoms with Crippen LogP contribution in [0.1, 0.15) is 17.2 Å². The van der Waals surface area contributed by atoms with Gasteiger partial charge >= 0.3 is 0 Å². The fourth-order valence-corrected chi connectivity index (χ4v) is 2.59. The van der Waals surface area contributed by atoms with Crippen molar-refractivity contribution in [2.45, 2.75) is 12.5 Å². The summed E-state index contributed by atoms with van der Waals surface area (Å²) in [6, 6.07) is 10.2. The molecule has 1 N–H and O–H groups in total. The number of hydrogen-bond acceptors (Lipinski definition) is 1. The lowest BCUT2D eigenvalue weighted by Crippen LogP contribution is -2.04. The fourth-order valence-electron chi connectivity index (χ4n) is 1.75. The van der Waals surface area contributed by atoms with Gasteiger partial charge in [-0.25, -0.2) is 4.39 Å². The Hall–Kier alpha value is -0.420. The molecule has 0 aromatic heterocycles. The van der Waals surface area contributed by atoms with Gasteiger partial charge in [0.15, 0.2) is 0 Å². The summed E-state index contributed by atoms with van der Waals surface area (Å²) < 4.78 is 15.5. The van der Waals surface area contributed by atoms with Crippen molar-refractivity contribution in [1.82, 2.24) is 0 Å². The summed E-state index contributed by atoms with van der Waals surface area (Å²) in [5, 5.41) is 10.2. The Morgan fingerprint density at radius 3 is 2.58 bits per heavy atom. The Labute approximate surface area is 132 Å². The van der Waals surface area contributed by atoms with Crippen molar-refractivity contribution in [2.24, 2.45) is 0 Å². The number of benzene rings is 2. The first-order valence-electron chi connectivity index (χ1n) is 5.55. The van der Waals surface area contributed by atoms with Crippen molar-refractivity contribution in [1.29, 1.82) is 0 Å². The fraction of sp³-hybridized carbons (Fsp3) is 0.143. The van der Waals surface area contributed by atoms with Gasteiger partial charge in [-0.3, -0.25) is 0 Å². The highest BCUT2D eigenvalue weighted by molar-refractivity contribution is 9.13. The molecule has 1 atom stereocenters. The summed E-state index contributed by atoms with van der Waals surface area (Å²) in [5.41, 5.74) is 1.12. The van der Waals surface area contributed by atoms with Crippen LogP contribution in [0.4, 0.5) is 4.39 Å². The van der Waals surface area contributed by atoms with Gasteiger partial charge < -0.3 is 5.11 Å². The highest BCUT2D eigenvalue weighted by Gasteiger charge is 2.14. The number of aliphatic hydroxyl groups excluding tert-OH is 1. The Morgan fingerprint density at radius 1 is 1.16 bits per heavy atom. The zero-order valence-corrected chi connectivity index (χ0v) is 13.6. The molecule has 2 aromatic rings. The van der Waals surface area contributed by atoms with Crippen LogP contribution in [0.5, 0.6) is 0 Å². The maximum Gasteiger partial charge on any atom is 0.145 e. The minimum atomic E-state index is -0.780. The lowest BCUT2D eigenvalue weighted by molar-refractivity contribution is 0.177. The molecular formula is C14H10Br2ClFO. The van der Waals surface area contributed by atoms with Crippen LogP contribution in [0.2, 0.25) is 5.02 Å². The summed E-state index contributed by atoms with van der Waals surface area (Å²) in [5.74, 6) is -0.473. The van der Waals surface area contributed by atoms with Gasteiger partial charge in [-0.2, -0.15) is 0 Å². The van der Waals surface area contributed by atoms with Crippen molar-refractivity contribution in [3.63, 3.8) is 0 Å². The van der Waals surface area contributed by atoms with Crippen molar-refractivity contribution >= 4 is 43.5 Å². The molecule has 5 heteroatoms. The molecule has 0 aliphatic rings. The first kappa shape index (κ1) is 15.0. The first-order valence-corrected chi connectivity index (χ1v) is 7.51. The third-order valence-electron chi connectivity index (χ3n) is 2.77. The minimum absolute atomic E-state index is 0.0710. The molecule has 1 unspecified atom stereocenters. The van der Waals surface area contributed by atoms with E-state index < -0.39 is 11.9 Å². The largest absolute Gasteiger partial charge is 0.388 e. The Kier molecular flexibility index (Phi) is 5.01. The predicted octanol–water partition coefficient (Wildman–Crippen LogP) is 5.28. The third-order valence-corrected chi connectivity index (χ3v) is 4.94. The van der Waals surface area contributed by atoms with E-state index >= 15 is 0 Å². The van der Waals surface area contributed by atoms with Crippen LogP contribution >= 0.6 is 43.5 Å². The molecule has 2 rings (SSSR count). The smallest absolute Gasteiger partial charge is 0.145 e. The second kappa shape index (κ2) is 6.35. The second-order valence-corrected chi connectivity index (χ2v) is 6.22. The summed E-state index contributed by atoms with van der Waals surface area (Å²) in [6.45, 7) is 0. The monoisotopic (exact) mass is 406 g/mol. The van der Waals surface area contributed by atoms with Crippen molar-refractivity contribution in [2.75, 3.05) is 0 Å². The van der Waals surface area contributed by atoms with Crippen LogP contribution in [-0.4, -0.2) is 5.11 Å². The lowest BCUT2D eigenvalue weighted by Gasteiger charge is -2.13. The Balaban J connectivity index is 2.23. The van der Waals surface area contributed by atoms with E-state index in [0.29, 0.717) is 5.56 Å². The maximum atomic E-state index is 13.8. The molecule has 0 spiro atoms. The summed E-state index contributed by atoms with van der Waals surface area (Å²) in [4.78, 5) is 0. The third kappa shape index (κ3) is 3.57. The van der Waals surface area contributed by atoms with Gasteiger partial charge in [-0.15, -0.1) is 0 Å². The van der Waals surface area contributed by atoms with E-state index in [9.17, 15) is 9.50 Å². The van der Waals surface area contributed by atoms with Crippen LogP contribution < -0.4 is 0 Å². The van der Waals surface area contributed by atoms with E-state index in [1.165, 1.54) is 6.07 Å². The molecule has 0 radical (unpaired) electrons. The highest BCUT2D eigenvalue weighted by atomic mass is 79.9. The summed E-state index contributed by atoms with van der Waals surface area (Å²) >= 11 is 12.5.